The summed E-state index contributed by atoms with van der Waals surface area (Å²) < 4.78 is 29.0. The summed E-state index contributed by atoms with van der Waals surface area (Å²) >= 11 is 5.85. The Kier molecular flexibility index (Phi) is 5.60. The van der Waals surface area contributed by atoms with E-state index >= 15 is 0 Å². The molecule has 1 aliphatic rings. The van der Waals surface area contributed by atoms with Crippen molar-refractivity contribution in [3.8, 4) is 0 Å². The first-order valence-corrected chi connectivity index (χ1v) is 10.7. The number of rotatable bonds is 5. The lowest BCUT2D eigenvalue weighted by atomic mass is 10.2. The third kappa shape index (κ3) is 4.02. The van der Waals surface area contributed by atoms with E-state index in [1.807, 2.05) is 20.8 Å². The molecular formula is C18H23ClN4O3S. The fourth-order valence-corrected chi connectivity index (χ4v) is 5.03. The quantitative estimate of drug-likeness (QED) is 0.820. The molecule has 0 aliphatic carbocycles. The molecule has 0 saturated carbocycles. The number of halogens is 1. The van der Waals surface area contributed by atoms with Crippen LogP contribution in [-0.4, -0.2) is 41.0 Å². The fourth-order valence-electron chi connectivity index (χ4n) is 3.25. The monoisotopic (exact) mass is 410 g/mol. The van der Waals surface area contributed by atoms with Gasteiger partial charge in [0.25, 0.3) is 0 Å². The first-order valence-electron chi connectivity index (χ1n) is 8.84. The molecule has 146 valence electrons. The number of hydrogen-bond donors (Lipinski definition) is 1. The van der Waals surface area contributed by atoms with Crippen LogP contribution in [0.15, 0.2) is 35.2 Å². The average Bonchev–Trinajstić information content (AvgIpc) is 3.22. The highest BCUT2D eigenvalue weighted by Gasteiger charge is 2.39. The van der Waals surface area contributed by atoms with Gasteiger partial charge in [-0.2, -0.15) is 9.40 Å². The van der Waals surface area contributed by atoms with Crippen molar-refractivity contribution in [3.05, 3.63) is 41.0 Å². The van der Waals surface area contributed by atoms with Gasteiger partial charge in [-0.1, -0.05) is 11.6 Å². The molecule has 0 spiro atoms. The van der Waals surface area contributed by atoms with Gasteiger partial charge in [0, 0.05) is 23.7 Å². The van der Waals surface area contributed by atoms with Crippen molar-refractivity contribution in [2.75, 3.05) is 11.9 Å². The topological polar surface area (TPSA) is 84.3 Å². The van der Waals surface area contributed by atoms with E-state index in [1.54, 1.807) is 10.7 Å². The number of aromatic nitrogens is 2. The van der Waals surface area contributed by atoms with E-state index in [2.05, 4.69) is 10.4 Å². The average molecular weight is 411 g/mol. The Bertz CT molecular complexity index is 938. The molecule has 2 aromatic rings. The highest BCUT2D eigenvalue weighted by molar-refractivity contribution is 7.89. The molecule has 3 rings (SSSR count). The van der Waals surface area contributed by atoms with Crippen LogP contribution >= 0.6 is 11.6 Å². The van der Waals surface area contributed by atoms with Gasteiger partial charge in [0.15, 0.2) is 0 Å². The summed E-state index contributed by atoms with van der Waals surface area (Å²) in [5.41, 5.74) is 0.788. The molecule has 1 aliphatic heterocycles. The molecule has 1 atom stereocenters. The number of sulfonamides is 1. The van der Waals surface area contributed by atoms with E-state index in [-0.39, 0.29) is 16.8 Å². The normalized spacial score (nSPS) is 18.2. The second-order valence-corrected chi connectivity index (χ2v) is 9.25. The summed E-state index contributed by atoms with van der Waals surface area (Å²) in [7, 11) is -3.77. The van der Waals surface area contributed by atoms with Crippen molar-refractivity contribution in [1.29, 1.82) is 0 Å². The first kappa shape index (κ1) is 19.9. The highest BCUT2D eigenvalue weighted by atomic mass is 35.5. The maximum Gasteiger partial charge on any atom is 0.243 e. The Labute approximate surface area is 164 Å². The molecule has 1 N–H and O–H groups in total. The van der Waals surface area contributed by atoms with E-state index in [9.17, 15) is 13.2 Å². The molecule has 9 heteroatoms. The predicted molar refractivity (Wildman–Crippen MR) is 104 cm³/mol. The van der Waals surface area contributed by atoms with E-state index < -0.39 is 16.1 Å². The summed E-state index contributed by atoms with van der Waals surface area (Å²) in [4.78, 5) is 13.0. The zero-order valence-electron chi connectivity index (χ0n) is 15.5. The molecule has 7 nitrogen and oxygen atoms in total. The molecule has 1 saturated heterocycles. The van der Waals surface area contributed by atoms with Gasteiger partial charge < -0.3 is 5.32 Å². The minimum absolute atomic E-state index is 0.0754. The Morgan fingerprint density at radius 2 is 1.96 bits per heavy atom. The Balaban J connectivity index is 1.84. The number of nitrogens with one attached hydrogen (secondary N) is 1. The second-order valence-electron chi connectivity index (χ2n) is 6.93. The molecule has 27 heavy (non-hydrogen) atoms. The Morgan fingerprint density at radius 3 is 2.59 bits per heavy atom. The largest absolute Gasteiger partial charge is 0.309 e. The zero-order chi connectivity index (χ0) is 19.8. The number of aryl methyl sites for hydroxylation is 1. The van der Waals surface area contributed by atoms with Gasteiger partial charge in [0.05, 0.1) is 10.6 Å². The van der Waals surface area contributed by atoms with Crippen molar-refractivity contribution >= 4 is 33.3 Å². The summed E-state index contributed by atoms with van der Waals surface area (Å²) in [6.45, 7) is 6.09. The summed E-state index contributed by atoms with van der Waals surface area (Å²) in [5.74, 6) is 0.232. The van der Waals surface area contributed by atoms with Crippen molar-refractivity contribution < 1.29 is 13.2 Å². The van der Waals surface area contributed by atoms with E-state index in [0.29, 0.717) is 30.2 Å². The van der Waals surface area contributed by atoms with Gasteiger partial charge in [-0.05, 0) is 57.9 Å². The van der Waals surface area contributed by atoms with E-state index in [0.717, 1.165) is 5.69 Å². The van der Waals surface area contributed by atoms with Crippen LogP contribution in [0.25, 0.3) is 0 Å². The number of benzene rings is 1. The lowest BCUT2D eigenvalue weighted by Gasteiger charge is -2.23. The standard InChI is InChI=1S/C18H23ClN4O3S/c1-12(2)23-17(11-13(3)21-23)20-18(24)16-5-4-10-22(16)27(25,26)15-8-6-14(19)7-9-15/h6-9,11-12,16H,4-5,10H2,1-3H3,(H,20,24). The first-order chi connectivity index (χ1) is 12.7. The molecular weight excluding hydrogens is 388 g/mol. The molecule has 1 aromatic heterocycles. The van der Waals surface area contributed by atoms with Gasteiger partial charge in [-0.15, -0.1) is 0 Å². The Morgan fingerprint density at radius 1 is 1.30 bits per heavy atom. The van der Waals surface area contributed by atoms with Crippen molar-refractivity contribution in [2.24, 2.45) is 0 Å². The SMILES string of the molecule is Cc1cc(NC(=O)C2CCCN2S(=O)(=O)c2ccc(Cl)cc2)n(C(C)C)n1. The van der Waals surface area contributed by atoms with Crippen LogP contribution < -0.4 is 5.32 Å². The number of anilines is 1. The van der Waals surface area contributed by atoms with Gasteiger partial charge in [-0.3, -0.25) is 4.79 Å². The summed E-state index contributed by atoms with van der Waals surface area (Å²) in [6.07, 6.45) is 1.11. The summed E-state index contributed by atoms with van der Waals surface area (Å²) in [6, 6.07) is 7.09. The lowest BCUT2D eigenvalue weighted by molar-refractivity contribution is -0.119. The van der Waals surface area contributed by atoms with Gasteiger partial charge >= 0.3 is 0 Å². The van der Waals surface area contributed by atoms with Crippen LogP contribution in [0.5, 0.6) is 0 Å². The van der Waals surface area contributed by atoms with Crippen LogP contribution in [0.3, 0.4) is 0 Å². The summed E-state index contributed by atoms with van der Waals surface area (Å²) in [5, 5.41) is 7.68. The van der Waals surface area contributed by atoms with Crippen LogP contribution in [0.2, 0.25) is 5.02 Å². The number of carbonyl (C=O) groups excluding carboxylic acids is 1. The van der Waals surface area contributed by atoms with E-state index in [4.69, 9.17) is 11.6 Å². The van der Waals surface area contributed by atoms with Gasteiger partial charge in [0.1, 0.15) is 11.9 Å². The smallest absolute Gasteiger partial charge is 0.243 e. The molecule has 1 aromatic carbocycles. The third-order valence-electron chi connectivity index (χ3n) is 4.52. The molecule has 2 heterocycles. The second kappa shape index (κ2) is 7.61. The zero-order valence-corrected chi connectivity index (χ0v) is 17.1. The number of carbonyl (C=O) groups is 1. The molecule has 1 amide bonds. The van der Waals surface area contributed by atoms with Crippen molar-refractivity contribution in [2.45, 2.75) is 50.6 Å². The van der Waals surface area contributed by atoms with E-state index in [1.165, 1.54) is 28.6 Å². The van der Waals surface area contributed by atoms with Gasteiger partial charge in [0.2, 0.25) is 15.9 Å². The fraction of sp³-hybridized carbons (Fsp3) is 0.444. The highest BCUT2D eigenvalue weighted by Crippen LogP contribution is 2.28. The molecule has 1 fully saturated rings. The van der Waals surface area contributed by atoms with Crippen LogP contribution in [0, 0.1) is 6.92 Å². The van der Waals surface area contributed by atoms with Crippen LogP contribution in [0.4, 0.5) is 5.82 Å². The van der Waals surface area contributed by atoms with Gasteiger partial charge in [-0.25, -0.2) is 13.1 Å². The molecule has 0 radical (unpaired) electrons. The third-order valence-corrected chi connectivity index (χ3v) is 6.70. The minimum atomic E-state index is -3.77. The number of hydrogen-bond acceptors (Lipinski definition) is 4. The number of nitrogens with zero attached hydrogens (tertiary/aromatic N) is 3. The lowest BCUT2D eigenvalue weighted by Crippen LogP contribution is -2.43. The van der Waals surface area contributed by atoms with Crippen LogP contribution in [0.1, 0.15) is 38.4 Å². The van der Waals surface area contributed by atoms with Crippen LogP contribution in [-0.2, 0) is 14.8 Å². The Hall–Kier alpha value is -1.90. The molecule has 1 unspecified atom stereocenters. The maximum atomic E-state index is 13.0. The van der Waals surface area contributed by atoms with Crippen molar-refractivity contribution in [3.63, 3.8) is 0 Å². The predicted octanol–water partition coefficient (Wildman–Crippen LogP) is 3.22. The van der Waals surface area contributed by atoms with Crippen molar-refractivity contribution in [1.82, 2.24) is 14.1 Å². The minimum Gasteiger partial charge on any atom is -0.309 e. The maximum absolute atomic E-state index is 13.0. The molecule has 0 bridgehead atoms. The number of amides is 1.